The fourth-order valence-corrected chi connectivity index (χ4v) is 4.42. The summed E-state index contributed by atoms with van der Waals surface area (Å²) in [6, 6.07) is 5.77. The smallest absolute Gasteiger partial charge is 0.226 e. The van der Waals surface area contributed by atoms with Crippen molar-refractivity contribution >= 4 is 22.8 Å². The summed E-state index contributed by atoms with van der Waals surface area (Å²) in [4.78, 5) is 19.3. The van der Waals surface area contributed by atoms with Gasteiger partial charge in [-0.1, -0.05) is 17.8 Å². The number of nitrogens with zero attached hydrogens (tertiary/aromatic N) is 2. The summed E-state index contributed by atoms with van der Waals surface area (Å²) in [7, 11) is 1.64. The Morgan fingerprint density at radius 2 is 2.42 bits per heavy atom. The first-order chi connectivity index (χ1) is 12.7. The fraction of sp³-hybridized carbons (Fsp3) is 0.474. The second-order valence-electron chi connectivity index (χ2n) is 6.62. The molecule has 1 aromatic carbocycles. The molecule has 0 unspecified atom stereocenters. The van der Waals surface area contributed by atoms with Gasteiger partial charge in [0, 0.05) is 37.8 Å². The van der Waals surface area contributed by atoms with Crippen LogP contribution in [0.5, 0.6) is 11.5 Å². The molecule has 3 heterocycles. The predicted octanol–water partition coefficient (Wildman–Crippen LogP) is 2.40. The molecule has 3 aliphatic rings. The molecule has 1 aromatic rings. The number of methoxy groups -OCH3 is 1. The van der Waals surface area contributed by atoms with E-state index >= 15 is 0 Å². The average Bonchev–Trinajstić information content (AvgIpc) is 3.10. The maximum Gasteiger partial charge on any atom is 0.226 e. The van der Waals surface area contributed by atoms with Crippen molar-refractivity contribution in [1.29, 1.82) is 0 Å². The van der Waals surface area contributed by atoms with Gasteiger partial charge in [0.1, 0.15) is 18.1 Å². The van der Waals surface area contributed by atoms with Crippen molar-refractivity contribution in [3.63, 3.8) is 0 Å². The molecule has 0 spiro atoms. The molecule has 4 rings (SSSR count). The number of rotatable bonds is 5. The second-order valence-corrected chi connectivity index (χ2v) is 7.46. The van der Waals surface area contributed by atoms with Crippen molar-refractivity contribution in [2.75, 3.05) is 33.4 Å². The van der Waals surface area contributed by atoms with E-state index in [0.717, 1.165) is 48.2 Å². The van der Waals surface area contributed by atoms with E-state index in [9.17, 15) is 4.79 Å². The van der Waals surface area contributed by atoms with E-state index in [-0.39, 0.29) is 11.8 Å². The van der Waals surface area contributed by atoms with Crippen LogP contribution in [0.4, 0.5) is 0 Å². The number of carbonyl (C=O) groups is 1. The number of hydrogen-bond donors (Lipinski definition) is 1. The number of hydrogen-bond acceptors (Lipinski definition) is 6. The van der Waals surface area contributed by atoms with Crippen molar-refractivity contribution in [1.82, 2.24) is 10.2 Å². The second kappa shape index (κ2) is 7.61. The molecule has 0 fully saturated rings. The number of benzene rings is 1. The molecule has 0 saturated heterocycles. The fourth-order valence-electron chi connectivity index (χ4n) is 3.44. The topological polar surface area (TPSA) is 63.2 Å². The van der Waals surface area contributed by atoms with Crippen LogP contribution in [-0.4, -0.2) is 49.3 Å². The molecular formula is C19H23N3O3S. The van der Waals surface area contributed by atoms with Crippen LogP contribution < -0.4 is 14.8 Å². The Balaban J connectivity index is 1.28. The third-order valence-corrected chi connectivity index (χ3v) is 5.85. The summed E-state index contributed by atoms with van der Waals surface area (Å²) in [5.41, 5.74) is 2.31. The lowest BCUT2D eigenvalue weighted by atomic mass is 9.96. The molecule has 0 saturated carbocycles. The monoisotopic (exact) mass is 373 g/mol. The van der Waals surface area contributed by atoms with E-state index in [1.165, 1.54) is 5.70 Å². The predicted molar refractivity (Wildman–Crippen MR) is 103 cm³/mol. The van der Waals surface area contributed by atoms with Crippen LogP contribution in [0.25, 0.3) is 0 Å². The lowest BCUT2D eigenvalue weighted by Gasteiger charge is -2.26. The van der Waals surface area contributed by atoms with E-state index in [4.69, 9.17) is 9.47 Å². The molecule has 0 aliphatic carbocycles. The van der Waals surface area contributed by atoms with E-state index in [2.05, 4.69) is 20.6 Å². The van der Waals surface area contributed by atoms with Crippen LogP contribution in [0.2, 0.25) is 0 Å². The number of thioether (sulfide) groups is 1. The Kier molecular flexibility index (Phi) is 5.06. The zero-order chi connectivity index (χ0) is 17.9. The maximum absolute atomic E-state index is 12.5. The highest BCUT2D eigenvalue weighted by atomic mass is 32.2. The number of fused-ring (bicyclic) bond motifs is 2. The van der Waals surface area contributed by atoms with Gasteiger partial charge >= 0.3 is 0 Å². The first-order valence-corrected chi connectivity index (χ1v) is 9.87. The zero-order valence-corrected chi connectivity index (χ0v) is 15.7. The van der Waals surface area contributed by atoms with Crippen molar-refractivity contribution in [3.05, 3.63) is 34.9 Å². The van der Waals surface area contributed by atoms with Crippen LogP contribution in [0.15, 0.2) is 34.3 Å². The number of amides is 1. The van der Waals surface area contributed by atoms with E-state index in [1.807, 2.05) is 18.2 Å². The average molecular weight is 373 g/mol. The minimum atomic E-state index is -0.144. The van der Waals surface area contributed by atoms with Gasteiger partial charge < -0.3 is 19.7 Å². The van der Waals surface area contributed by atoms with Crippen molar-refractivity contribution < 1.29 is 14.3 Å². The molecule has 6 nitrogen and oxygen atoms in total. The van der Waals surface area contributed by atoms with Crippen LogP contribution in [-0.2, 0) is 11.2 Å². The molecular weight excluding hydrogens is 350 g/mol. The van der Waals surface area contributed by atoms with Gasteiger partial charge in [-0.2, -0.15) is 0 Å². The summed E-state index contributed by atoms with van der Waals surface area (Å²) < 4.78 is 11.0. The molecule has 1 N–H and O–H groups in total. The number of carbonyl (C=O) groups excluding carboxylic acids is 1. The normalized spacial score (nSPS) is 21.1. The maximum atomic E-state index is 12.5. The minimum absolute atomic E-state index is 0.0604. The Bertz CT molecular complexity index is 762. The highest BCUT2D eigenvalue weighted by Crippen LogP contribution is 2.32. The van der Waals surface area contributed by atoms with E-state index < -0.39 is 0 Å². The molecule has 1 amide bonds. The lowest BCUT2D eigenvalue weighted by molar-refractivity contribution is -0.126. The van der Waals surface area contributed by atoms with Gasteiger partial charge in [0.05, 0.1) is 13.0 Å². The zero-order valence-electron chi connectivity index (χ0n) is 14.9. The summed E-state index contributed by atoms with van der Waals surface area (Å²) in [5.74, 6) is 1.51. The first-order valence-electron chi connectivity index (χ1n) is 8.99. The third-order valence-electron chi connectivity index (χ3n) is 4.90. The summed E-state index contributed by atoms with van der Waals surface area (Å²) in [5, 5.41) is 6.33. The molecule has 26 heavy (non-hydrogen) atoms. The van der Waals surface area contributed by atoms with E-state index in [0.29, 0.717) is 19.6 Å². The van der Waals surface area contributed by atoms with E-state index in [1.54, 1.807) is 18.9 Å². The summed E-state index contributed by atoms with van der Waals surface area (Å²) in [6.45, 7) is 3.00. The molecule has 0 bridgehead atoms. The largest absolute Gasteiger partial charge is 0.497 e. The molecule has 0 radical (unpaired) electrons. The van der Waals surface area contributed by atoms with Crippen molar-refractivity contribution in [2.45, 2.75) is 19.3 Å². The highest BCUT2D eigenvalue weighted by molar-refractivity contribution is 8.16. The number of aliphatic imine (C=N–C) groups is 1. The van der Waals surface area contributed by atoms with Crippen LogP contribution in [0.1, 0.15) is 18.4 Å². The number of ether oxygens (including phenoxy) is 2. The quantitative estimate of drug-likeness (QED) is 0.859. The van der Waals surface area contributed by atoms with Gasteiger partial charge in [-0.3, -0.25) is 9.79 Å². The molecule has 7 heteroatoms. The highest BCUT2D eigenvalue weighted by Gasteiger charge is 2.27. The molecule has 138 valence electrons. The van der Waals surface area contributed by atoms with Crippen molar-refractivity contribution in [3.8, 4) is 11.5 Å². The SMILES string of the molecule is COc1ccc2c(c1)OC[C@@H](C(=O)NCCC1=CSC3=NCCCN13)C2. The molecule has 1 atom stereocenters. The van der Waals surface area contributed by atoms with Gasteiger partial charge in [0.2, 0.25) is 5.91 Å². The minimum Gasteiger partial charge on any atom is -0.497 e. The lowest BCUT2D eigenvalue weighted by Crippen LogP contribution is -2.38. The van der Waals surface area contributed by atoms with Gasteiger partial charge in [0.25, 0.3) is 0 Å². The Hall–Kier alpha value is -2.15. The van der Waals surface area contributed by atoms with Crippen molar-refractivity contribution in [2.24, 2.45) is 10.9 Å². The van der Waals surface area contributed by atoms with Crippen LogP contribution in [0.3, 0.4) is 0 Å². The standard InChI is InChI=1S/C19H23N3O3S/c1-24-16-4-3-13-9-14(11-25-17(13)10-16)18(23)20-7-5-15-12-26-19-21-6-2-8-22(15)19/h3-4,10,12,14H,2,5-9,11H2,1H3,(H,20,23)/t14-/m0/s1. The number of nitrogens with one attached hydrogen (secondary N) is 1. The van der Waals surface area contributed by atoms with Gasteiger partial charge in [-0.25, -0.2) is 0 Å². The van der Waals surface area contributed by atoms with Gasteiger partial charge in [-0.15, -0.1) is 0 Å². The summed E-state index contributed by atoms with van der Waals surface area (Å²) >= 11 is 1.69. The Labute approximate surface area is 157 Å². The number of amidine groups is 1. The Morgan fingerprint density at radius 3 is 3.31 bits per heavy atom. The molecule has 3 aliphatic heterocycles. The van der Waals surface area contributed by atoms with Crippen LogP contribution in [0, 0.1) is 5.92 Å². The molecule has 0 aromatic heterocycles. The first kappa shape index (κ1) is 17.3. The Morgan fingerprint density at radius 1 is 1.50 bits per heavy atom. The van der Waals surface area contributed by atoms with Gasteiger partial charge in [-0.05, 0) is 29.9 Å². The third kappa shape index (κ3) is 3.53. The summed E-state index contributed by atoms with van der Waals surface area (Å²) in [6.07, 6.45) is 2.63. The van der Waals surface area contributed by atoms with Crippen LogP contribution >= 0.6 is 11.8 Å². The van der Waals surface area contributed by atoms with Gasteiger partial charge in [0.15, 0.2) is 5.17 Å².